The quantitative estimate of drug-likeness (QED) is 0.870. The molecule has 1 aliphatic rings. The van der Waals surface area contributed by atoms with E-state index in [0.717, 1.165) is 32.4 Å². The Morgan fingerprint density at radius 1 is 1.18 bits per heavy atom. The molecular weight excluding hydrogens is 296 g/mol. The van der Waals surface area contributed by atoms with Crippen LogP contribution in [0.1, 0.15) is 50.8 Å². The minimum Gasteiger partial charge on any atom is -0.349 e. The second-order valence-electron chi connectivity index (χ2n) is 6.59. The van der Waals surface area contributed by atoms with Gasteiger partial charge in [-0.05, 0) is 56.3 Å². The molecule has 1 amide bonds. The molecule has 2 N–H and O–H groups in total. The van der Waals surface area contributed by atoms with Crippen LogP contribution in [0, 0.1) is 11.8 Å². The Hall–Kier alpha value is -1.06. The van der Waals surface area contributed by atoms with Crippen LogP contribution in [0.5, 0.6) is 0 Å². The van der Waals surface area contributed by atoms with Crippen molar-refractivity contribution < 1.29 is 4.79 Å². The highest BCUT2D eigenvalue weighted by Gasteiger charge is 2.22. The van der Waals surface area contributed by atoms with E-state index in [4.69, 9.17) is 0 Å². The minimum absolute atomic E-state index is 0. The van der Waals surface area contributed by atoms with Gasteiger partial charge in [-0.1, -0.05) is 38.1 Å². The summed E-state index contributed by atoms with van der Waals surface area (Å²) in [5, 5.41) is 6.46. The molecule has 0 saturated carbocycles. The van der Waals surface area contributed by atoms with Gasteiger partial charge in [0.1, 0.15) is 0 Å². The standard InChI is InChI=1S/C18H28N2O.ClH/c1-13(2)12-15-4-6-16(7-5-15)14(3)20-18(21)17-8-10-19-11-9-17;/h4-7,13-14,17,19H,8-12H2,1-3H3,(H,20,21);1H. The lowest BCUT2D eigenvalue weighted by molar-refractivity contribution is -0.126. The number of benzene rings is 1. The van der Waals surface area contributed by atoms with E-state index in [1.54, 1.807) is 0 Å². The molecule has 2 rings (SSSR count). The molecule has 124 valence electrons. The third kappa shape index (κ3) is 5.62. The van der Waals surface area contributed by atoms with Crippen molar-refractivity contribution >= 4 is 18.3 Å². The zero-order chi connectivity index (χ0) is 15.2. The summed E-state index contributed by atoms with van der Waals surface area (Å²) in [6, 6.07) is 8.74. The van der Waals surface area contributed by atoms with Crippen molar-refractivity contribution in [2.45, 2.75) is 46.1 Å². The Bertz CT molecular complexity index is 453. The molecule has 4 heteroatoms. The first-order chi connectivity index (χ1) is 10.1. The van der Waals surface area contributed by atoms with Crippen molar-refractivity contribution in [3.8, 4) is 0 Å². The van der Waals surface area contributed by atoms with Gasteiger partial charge >= 0.3 is 0 Å². The lowest BCUT2D eigenvalue weighted by Crippen LogP contribution is -2.39. The van der Waals surface area contributed by atoms with Gasteiger partial charge in [-0.25, -0.2) is 0 Å². The molecule has 0 spiro atoms. The molecular formula is C18H29ClN2O. The average Bonchev–Trinajstić information content (AvgIpc) is 2.48. The largest absolute Gasteiger partial charge is 0.349 e. The third-order valence-corrected chi connectivity index (χ3v) is 4.19. The number of carbonyl (C=O) groups is 1. The van der Waals surface area contributed by atoms with Crippen molar-refractivity contribution in [1.29, 1.82) is 0 Å². The minimum atomic E-state index is 0. The highest BCUT2D eigenvalue weighted by Crippen LogP contribution is 2.18. The Morgan fingerprint density at radius 2 is 1.77 bits per heavy atom. The van der Waals surface area contributed by atoms with E-state index < -0.39 is 0 Å². The van der Waals surface area contributed by atoms with Crippen molar-refractivity contribution in [2.75, 3.05) is 13.1 Å². The first kappa shape index (κ1) is 19.0. The third-order valence-electron chi connectivity index (χ3n) is 4.19. The smallest absolute Gasteiger partial charge is 0.223 e. The van der Waals surface area contributed by atoms with Crippen LogP contribution in [0.3, 0.4) is 0 Å². The van der Waals surface area contributed by atoms with Crippen LogP contribution in [-0.2, 0) is 11.2 Å². The topological polar surface area (TPSA) is 41.1 Å². The molecule has 1 aromatic carbocycles. The monoisotopic (exact) mass is 324 g/mol. The normalized spacial score (nSPS) is 16.9. The van der Waals surface area contributed by atoms with Gasteiger partial charge in [0.05, 0.1) is 6.04 Å². The second-order valence-corrected chi connectivity index (χ2v) is 6.59. The maximum Gasteiger partial charge on any atom is 0.223 e. The molecule has 0 aliphatic carbocycles. The molecule has 1 atom stereocenters. The van der Waals surface area contributed by atoms with Crippen LogP contribution in [0.15, 0.2) is 24.3 Å². The van der Waals surface area contributed by atoms with Crippen LogP contribution in [0.4, 0.5) is 0 Å². The summed E-state index contributed by atoms with van der Waals surface area (Å²) in [7, 11) is 0. The van der Waals surface area contributed by atoms with Crippen LogP contribution < -0.4 is 10.6 Å². The van der Waals surface area contributed by atoms with Gasteiger partial charge in [-0.2, -0.15) is 0 Å². The Morgan fingerprint density at radius 3 is 2.32 bits per heavy atom. The maximum absolute atomic E-state index is 12.3. The first-order valence-electron chi connectivity index (χ1n) is 8.16. The average molecular weight is 325 g/mol. The van der Waals surface area contributed by atoms with Gasteiger partial charge in [0.2, 0.25) is 5.91 Å². The zero-order valence-electron chi connectivity index (χ0n) is 13.9. The van der Waals surface area contributed by atoms with Crippen LogP contribution in [-0.4, -0.2) is 19.0 Å². The van der Waals surface area contributed by atoms with E-state index in [9.17, 15) is 4.79 Å². The molecule has 0 radical (unpaired) electrons. The van der Waals surface area contributed by atoms with E-state index in [-0.39, 0.29) is 30.3 Å². The van der Waals surface area contributed by atoms with Crippen molar-refractivity contribution in [3.05, 3.63) is 35.4 Å². The molecule has 1 aromatic rings. The molecule has 3 nitrogen and oxygen atoms in total. The summed E-state index contributed by atoms with van der Waals surface area (Å²) in [4.78, 5) is 12.3. The molecule has 1 heterocycles. The van der Waals surface area contributed by atoms with E-state index in [1.165, 1.54) is 11.1 Å². The number of nitrogens with one attached hydrogen (secondary N) is 2. The fraction of sp³-hybridized carbons (Fsp3) is 0.611. The summed E-state index contributed by atoms with van der Waals surface area (Å²) < 4.78 is 0. The van der Waals surface area contributed by atoms with E-state index in [0.29, 0.717) is 5.92 Å². The van der Waals surface area contributed by atoms with Gasteiger partial charge < -0.3 is 10.6 Å². The Balaban J connectivity index is 0.00000242. The summed E-state index contributed by atoms with van der Waals surface area (Å²) in [5.74, 6) is 1.05. The number of piperidine rings is 1. The number of amides is 1. The lowest BCUT2D eigenvalue weighted by Gasteiger charge is -2.24. The van der Waals surface area contributed by atoms with Crippen molar-refractivity contribution in [2.24, 2.45) is 11.8 Å². The molecule has 22 heavy (non-hydrogen) atoms. The van der Waals surface area contributed by atoms with E-state index >= 15 is 0 Å². The van der Waals surface area contributed by atoms with Gasteiger partial charge in [-0.15, -0.1) is 12.4 Å². The van der Waals surface area contributed by atoms with Crippen molar-refractivity contribution in [1.82, 2.24) is 10.6 Å². The van der Waals surface area contributed by atoms with Gasteiger partial charge in [0, 0.05) is 5.92 Å². The first-order valence-corrected chi connectivity index (χ1v) is 8.16. The Kier molecular flexibility index (Phi) is 7.91. The lowest BCUT2D eigenvalue weighted by atomic mass is 9.96. The summed E-state index contributed by atoms with van der Waals surface area (Å²) in [6.45, 7) is 8.44. The number of rotatable bonds is 5. The predicted octanol–water partition coefficient (Wildman–Crippen LogP) is 3.48. The second kappa shape index (κ2) is 9.16. The van der Waals surface area contributed by atoms with E-state index in [1.807, 2.05) is 0 Å². The van der Waals surface area contributed by atoms with Crippen LogP contribution in [0.2, 0.25) is 0 Å². The van der Waals surface area contributed by atoms with Crippen LogP contribution >= 0.6 is 12.4 Å². The fourth-order valence-electron chi connectivity index (χ4n) is 2.91. The number of hydrogen-bond donors (Lipinski definition) is 2. The molecule has 1 fully saturated rings. The van der Waals surface area contributed by atoms with Crippen molar-refractivity contribution in [3.63, 3.8) is 0 Å². The molecule has 1 unspecified atom stereocenters. The Labute approximate surface area is 140 Å². The number of carbonyl (C=O) groups excluding carboxylic acids is 1. The highest BCUT2D eigenvalue weighted by atomic mass is 35.5. The molecule has 0 bridgehead atoms. The van der Waals surface area contributed by atoms with Crippen LogP contribution in [0.25, 0.3) is 0 Å². The van der Waals surface area contributed by atoms with Gasteiger partial charge in [-0.3, -0.25) is 4.79 Å². The summed E-state index contributed by atoms with van der Waals surface area (Å²) >= 11 is 0. The van der Waals surface area contributed by atoms with E-state index in [2.05, 4.69) is 55.7 Å². The van der Waals surface area contributed by atoms with Gasteiger partial charge in [0.25, 0.3) is 0 Å². The van der Waals surface area contributed by atoms with Gasteiger partial charge in [0.15, 0.2) is 0 Å². The molecule has 1 aliphatic heterocycles. The molecule has 0 aromatic heterocycles. The number of halogens is 1. The fourth-order valence-corrected chi connectivity index (χ4v) is 2.91. The predicted molar refractivity (Wildman–Crippen MR) is 94.4 cm³/mol. The maximum atomic E-state index is 12.3. The summed E-state index contributed by atoms with van der Waals surface area (Å²) in [5.41, 5.74) is 2.55. The zero-order valence-corrected chi connectivity index (χ0v) is 14.7. The summed E-state index contributed by atoms with van der Waals surface area (Å²) in [6.07, 6.45) is 3.01. The number of hydrogen-bond acceptors (Lipinski definition) is 2. The SMILES string of the molecule is CC(C)Cc1ccc(C(C)NC(=O)C2CCNCC2)cc1.Cl. The molecule has 1 saturated heterocycles. The highest BCUT2D eigenvalue weighted by molar-refractivity contribution is 5.85.